The number of carbonyl (C=O) groups excluding carboxylic acids is 1. The molecule has 0 spiro atoms. The first-order chi connectivity index (χ1) is 12.0. The number of para-hydroxylation sites is 3. The molecule has 0 atom stereocenters. The van der Waals surface area contributed by atoms with Crippen LogP contribution in [0.25, 0.3) is 22.3 Å². The van der Waals surface area contributed by atoms with Crippen LogP contribution in [0.2, 0.25) is 0 Å². The summed E-state index contributed by atoms with van der Waals surface area (Å²) in [6.45, 7) is 0. The molecule has 7 heteroatoms. The third-order valence-electron chi connectivity index (χ3n) is 3.62. The summed E-state index contributed by atoms with van der Waals surface area (Å²) in [5.41, 5.74) is 1.95. The first-order valence-corrected chi connectivity index (χ1v) is 7.65. The molecule has 0 aliphatic carbocycles. The van der Waals surface area contributed by atoms with Crippen molar-refractivity contribution in [2.45, 2.75) is 12.8 Å². The first kappa shape index (κ1) is 16.4. The molecule has 3 aromatic rings. The van der Waals surface area contributed by atoms with Crippen LogP contribution in [-0.4, -0.2) is 27.0 Å². The number of nitrogens with zero attached hydrogens (tertiary/aromatic N) is 1. The molecule has 3 N–H and O–H groups in total. The number of hydrogen-bond acceptors (Lipinski definition) is 4. The van der Waals surface area contributed by atoms with E-state index >= 15 is 0 Å². The van der Waals surface area contributed by atoms with Gasteiger partial charge in [-0.05, 0) is 18.2 Å². The van der Waals surface area contributed by atoms with E-state index < -0.39 is 11.9 Å². The van der Waals surface area contributed by atoms with Gasteiger partial charge >= 0.3 is 5.97 Å². The summed E-state index contributed by atoms with van der Waals surface area (Å²) < 4.78 is 0. The molecule has 1 aromatic heterocycles. The normalized spacial score (nSPS) is 10.6. The number of benzene rings is 2. The maximum absolute atomic E-state index is 12.4. The number of carboxylic acids is 1. The number of aromatic nitrogens is 2. The summed E-state index contributed by atoms with van der Waals surface area (Å²) in [5.74, 6) is -1.48. The zero-order valence-electron chi connectivity index (χ0n) is 13.2. The van der Waals surface area contributed by atoms with Crippen LogP contribution < -0.4 is 10.9 Å². The summed E-state index contributed by atoms with van der Waals surface area (Å²) in [7, 11) is 0. The molecule has 0 radical (unpaired) electrons. The number of fused-ring (bicyclic) bond motifs is 1. The smallest absolute Gasteiger partial charge is 0.303 e. The van der Waals surface area contributed by atoms with E-state index in [0.717, 1.165) is 0 Å². The Kier molecular flexibility index (Phi) is 4.56. The van der Waals surface area contributed by atoms with Crippen LogP contribution in [-0.2, 0) is 9.59 Å². The van der Waals surface area contributed by atoms with E-state index in [9.17, 15) is 14.4 Å². The van der Waals surface area contributed by atoms with E-state index in [-0.39, 0.29) is 24.1 Å². The average molecular weight is 337 g/mol. The predicted molar refractivity (Wildman–Crippen MR) is 93.3 cm³/mol. The minimum Gasteiger partial charge on any atom is -0.481 e. The molecule has 0 bridgehead atoms. The molecule has 1 heterocycles. The topological polar surface area (TPSA) is 112 Å². The lowest BCUT2D eigenvalue weighted by Gasteiger charge is -2.10. The van der Waals surface area contributed by atoms with Crippen molar-refractivity contribution >= 4 is 28.6 Å². The first-order valence-electron chi connectivity index (χ1n) is 7.65. The van der Waals surface area contributed by atoms with Crippen molar-refractivity contribution in [3.05, 3.63) is 58.9 Å². The Morgan fingerprint density at radius 1 is 1.04 bits per heavy atom. The quantitative estimate of drug-likeness (QED) is 0.662. The molecule has 0 aliphatic rings. The Labute approximate surface area is 142 Å². The standard InChI is InChI=1S/C18H15N3O4/c22-15(9-10-16(23)24)19-12-6-2-1-5-11(12)17-18(25)21-14-8-4-3-7-13(14)20-17/h1-8H,9-10H2,(H,19,22)(H,21,25)(H,23,24). The summed E-state index contributed by atoms with van der Waals surface area (Å²) in [6, 6.07) is 13.9. The lowest BCUT2D eigenvalue weighted by Crippen LogP contribution is -2.16. The van der Waals surface area contributed by atoms with Gasteiger partial charge in [0.2, 0.25) is 5.91 Å². The molecule has 7 nitrogen and oxygen atoms in total. The lowest BCUT2D eigenvalue weighted by molar-refractivity contribution is -0.138. The van der Waals surface area contributed by atoms with Crippen molar-refractivity contribution in [2.24, 2.45) is 0 Å². The van der Waals surface area contributed by atoms with Crippen LogP contribution in [0.5, 0.6) is 0 Å². The third-order valence-corrected chi connectivity index (χ3v) is 3.62. The van der Waals surface area contributed by atoms with E-state index in [1.165, 1.54) is 0 Å². The Morgan fingerprint density at radius 2 is 1.76 bits per heavy atom. The van der Waals surface area contributed by atoms with Crippen LogP contribution in [0.4, 0.5) is 5.69 Å². The number of nitrogens with one attached hydrogen (secondary N) is 2. The minimum atomic E-state index is -1.05. The van der Waals surface area contributed by atoms with Crippen LogP contribution in [0.1, 0.15) is 12.8 Å². The van der Waals surface area contributed by atoms with Crippen molar-refractivity contribution in [1.82, 2.24) is 9.97 Å². The number of rotatable bonds is 5. The molecule has 3 rings (SSSR count). The highest BCUT2D eigenvalue weighted by Crippen LogP contribution is 2.25. The highest BCUT2D eigenvalue weighted by atomic mass is 16.4. The number of amides is 1. The lowest BCUT2D eigenvalue weighted by atomic mass is 10.1. The zero-order valence-corrected chi connectivity index (χ0v) is 13.2. The summed E-state index contributed by atoms with van der Waals surface area (Å²) >= 11 is 0. The molecule has 126 valence electrons. The molecular weight excluding hydrogens is 322 g/mol. The van der Waals surface area contributed by atoms with E-state index in [0.29, 0.717) is 22.3 Å². The maximum Gasteiger partial charge on any atom is 0.303 e. The van der Waals surface area contributed by atoms with Gasteiger partial charge in [-0.15, -0.1) is 0 Å². The molecule has 0 unspecified atom stereocenters. The number of hydrogen-bond donors (Lipinski definition) is 3. The Hall–Kier alpha value is -3.48. The maximum atomic E-state index is 12.4. The molecule has 0 saturated carbocycles. The van der Waals surface area contributed by atoms with Gasteiger partial charge in [-0.2, -0.15) is 0 Å². The summed E-state index contributed by atoms with van der Waals surface area (Å²) in [6.07, 6.45) is -0.409. The second-order valence-corrected chi connectivity index (χ2v) is 5.42. The van der Waals surface area contributed by atoms with Gasteiger partial charge in [0.05, 0.1) is 23.1 Å². The third kappa shape index (κ3) is 3.72. The van der Waals surface area contributed by atoms with Gasteiger partial charge in [0.1, 0.15) is 5.69 Å². The van der Waals surface area contributed by atoms with Crippen molar-refractivity contribution in [3.8, 4) is 11.3 Å². The highest BCUT2D eigenvalue weighted by molar-refractivity contribution is 5.96. The van der Waals surface area contributed by atoms with Crippen LogP contribution in [0.15, 0.2) is 53.3 Å². The highest BCUT2D eigenvalue weighted by Gasteiger charge is 2.14. The summed E-state index contributed by atoms with van der Waals surface area (Å²) in [5, 5.41) is 11.3. The SMILES string of the molecule is O=C(O)CCC(=O)Nc1ccccc1-c1nc2ccccc2[nH]c1=O. The van der Waals surface area contributed by atoms with Gasteiger partial charge < -0.3 is 15.4 Å². The second kappa shape index (κ2) is 6.96. The molecule has 0 aliphatic heterocycles. The average Bonchev–Trinajstić information content (AvgIpc) is 2.60. The number of H-pyrrole nitrogens is 1. The van der Waals surface area contributed by atoms with Crippen LogP contribution in [0.3, 0.4) is 0 Å². The Balaban J connectivity index is 1.98. The predicted octanol–water partition coefficient (Wildman–Crippen LogP) is 2.39. The molecule has 0 saturated heterocycles. The van der Waals surface area contributed by atoms with E-state index in [1.54, 1.807) is 42.5 Å². The number of aromatic amines is 1. The minimum absolute atomic E-state index is 0.148. The fourth-order valence-electron chi connectivity index (χ4n) is 2.44. The van der Waals surface area contributed by atoms with E-state index in [4.69, 9.17) is 5.11 Å². The van der Waals surface area contributed by atoms with Crippen molar-refractivity contribution in [2.75, 3.05) is 5.32 Å². The van der Waals surface area contributed by atoms with Gasteiger partial charge in [0.25, 0.3) is 5.56 Å². The number of aliphatic carboxylic acids is 1. The Morgan fingerprint density at radius 3 is 2.56 bits per heavy atom. The fourth-order valence-corrected chi connectivity index (χ4v) is 2.44. The van der Waals surface area contributed by atoms with E-state index in [1.807, 2.05) is 6.07 Å². The Bertz CT molecular complexity index is 1010. The van der Waals surface area contributed by atoms with Crippen LogP contribution in [0, 0.1) is 0 Å². The molecular formula is C18H15N3O4. The summed E-state index contributed by atoms with van der Waals surface area (Å²) in [4.78, 5) is 42.0. The van der Waals surface area contributed by atoms with Crippen molar-refractivity contribution in [3.63, 3.8) is 0 Å². The van der Waals surface area contributed by atoms with Crippen LogP contribution >= 0.6 is 0 Å². The molecule has 25 heavy (non-hydrogen) atoms. The monoisotopic (exact) mass is 337 g/mol. The molecule has 0 fully saturated rings. The van der Waals surface area contributed by atoms with E-state index in [2.05, 4.69) is 15.3 Å². The van der Waals surface area contributed by atoms with Crippen molar-refractivity contribution < 1.29 is 14.7 Å². The van der Waals surface area contributed by atoms with Gasteiger partial charge in [-0.25, -0.2) is 4.98 Å². The van der Waals surface area contributed by atoms with Gasteiger partial charge in [0, 0.05) is 12.0 Å². The van der Waals surface area contributed by atoms with Gasteiger partial charge in [-0.1, -0.05) is 30.3 Å². The molecule has 2 aromatic carbocycles. The fraction of sp³-hybridized carbons (Fsp3) is 0.111. The second-order valence-electron chi connectivity index (χ2n) is 5.42. The largest absolute Gasteiger partial charge is 0.481 e. The van der Waals surface area contributed by atoms with Gasteiger partial charge in [0.15, 0.2) is 0 Å². The molecule has 1 amide bonds. The zero-order chi connectivity index (χ0) is 17.8. The number of carbonyl (C=O) groups is 2. The van der Waals surface area contributed by atoms with Gasteiger partial charge in [-0.3, -0.25) is 14.4 Å². The number of anilines is 1. The van der Waals surface area contributed by atoms with Crippen molar-refractivity contribution in [1.29, 1.82) is 0 Å². The number of carboxylic acid groups (broad SMARTS) is 1.